The normalized spacial score (nSPS) is 11.6. The van der Waals surface area contributed by atoms with Gasteiger partial charge in [-0.25, -0.2) is 9.21 Å². The Morgan fingerprint density at radius 1 is 1.17 bits per heavy atom. The van der Waals surface area contributed by atoms with Crippen LogP contribution in [0.1, 0.15) is 16.8 Å². The summed E-state index contributed by atoms with van der Waals surface area (Å²) in [6, 6.07) is 6.16. The van der Waals surface area contributed by atoms with Crippen molar-refractivity contribution >= 4 is 29.6 Å². The van der Waals surface area contributed by atoms with E-state index in [-0.39, 0.29) is 5.56 Å². The lowest BCUT2D eigenvalue weighted by molar-refractivity contribution is -0.147. The maximum absolute atomic E-state index is 11.8. The minimum atomic E-state index is -1.61. The first-order valence-corrected chi connectivity index (χ1v) is 5.26. The SMILES string of the molecule is O=C(O)C[C@@H](C(=O)O)N(Cl)C(=O)c1ccccc1. The molecule has 0 heterocycles. The molecule has 0 radical (unpaired) electrons. The molecule has 0 aliphatic heterocycles. The highest BCUT2D eigenvalue weighted by Gasteiger charge is 2.31. The molecule has 0 aliphatic carbocycles. The molecule has 18 heavy (non-hydrogen) atoms. The Kier molecular flexibility index (Phi) is 4.67. The number of carbonyl (C=O) groups excluding carboxylic acids is 1. The number of aliphatic carboxylic acids is 2. The third-order valence-corrected chi connectivity index (χ3v) is 2.53. The van der Waals surface area contributed by atoms with E-state index in [1.807, 2.05) is 0 Å². The number of carboxylic acids is 2. The quantitative estimate of drug-likeness (QED) is 0.785. The van der Waals surface area contributed by atoms with Crippen molar-refractivity contribution in [2.24, 2.45) is 0 Å². The van der Waals surface area contributed by atoms with Gasteiger partial charge in [0.25, 0.3) is 5.91 Å². The number of hydrogen-bond acceptors (Lipinski definition) is 3. The van der Waals surface area contributed by atoms with Crippen molar-refractivity contribution < 1.29 is 24.6 Å². The first-order valence-electron chi connectivity index (χ1n) is 4.92. The highest BCUT2D eigenvalue weighted by molar-refractivity contribution is 6.25. The van der Waals surface area contributed by atoms with E-state index in [2.05, 4.69) is 0 Å². The molecule has 1 amide bonds. The Morgan fingerprint density at radius 3 is 2.17 bits per heavy atom. The van der Waals surface area contributed by atoms with E-state index in [9.17, 15) is 14.4 Å². The molecule has 1 aromatic carbocycles. The van der Waals surface area contributed by atoms with Gasteiger partial charge in [0, 0.05) is 17.3 Å². The summed E-state index contributed by atoms with van der Waals surface area (Å²) in [5.74, 6) is -3.59. The first-order chi connectivity index (χ1) is 8.43. The average molecular weight is 272 g/mol. The molecule has 0 saturated heterocycles. The Bertz CT molecular complexity index is 462. The second-order valence-electron chi connectivity index (χ2n) is 3.43. The maximum atomic E-state index is 11.8. The summed E-state index contributed by atoms with van der Waals surface area (Å²) in [5, 5.41) is 17.4. The molecule has 1 atom stereocenters. The fourth-order valence-electron chi connectivity index (χ4n) is 1.28. The molecule has 1 aromatic rings. The van der Waals surface area contributed by atoms with E-state index >= 15 is 0 Å². The molecule has 0 spiro atoms. The molecule has 2 N–H and O–H groups in total. The van der Waals surface area contributed by atoms with Crippen molar-refractivity contribution in [3.8, 4) is 0 Å². The van der Waals surface area contributed by atoms with Crippen LogP contribution in [0.4, 0.5) is 0 Å². The minimum Gasteiger partial charge on any atom is -0.481 e. The van der Waals surface area contributed by atoms with Crippen molar-refractivity contribution in [2.45, 2.75) is 12.5 Å². The molecular weight excluding hydrogens is 262 g/mol. The van der Waals surface area contributed by atoms with E-state index in [1.54, 1.807) is 18.2 Å². The molecule has 0 aromatic heterocycles. The lowest BCUT2D eigenvalue weighted by Gasteiger charge is -2.20. The van der Waals surface area contributed by atoms with Crippen LogP contribution in [0, 0.1) is 0 Å². The predicted molar refractivity (Wildman–Crippen MR) is 62.1 cm³/mol. The molecule has 7 heteroatoms. The van der Waals surface area contributed by atoms with Crippen LogP contribution in [0.15, 0.2) is 30.3 Å². The third-order valence-electron chi connectivity index (χ3n) is 2.14. The van der Waals surface area contributed by atoms with E-state index in [1.165, 1.54) is 12.1 Å². The van der Waals surface area contributed by atoms with Crippen LogP contribution in [-0.4, -0.2) is 38.5 Å². The summed E-state index contributed by atoms with van der Waals surface area (Å²) >= 11 is 5.61. The number of amides is 1. The van der Waals surface area contributed by atoms with Crippen molar-refractivity contribution in [1.82, 2.24) is 4.42 Å². The van der Waals surface area contributed by atoms with Crippen molar-refractivity contribution in [3.63, 3.8) is 0 Å². The molecule has 6 nitrogen and oxygen atoms in total. The van der Waals surface area contributed by atoms with Gasteiger partial charge < -0.3 is 10.2 Å². The Labute approximate surface area is 108 Å². The largest absolute Gasteiger partial charge is 0.481 e. The summed E-state index contributed by atoms with van der Waals surface area (Å²) < 4.78 is 0.395. The summed E-state index contributed by atoms with van der Waals surface area (Å²) in [5.41, 5.74) is 0.184. The second-order valence-corrected chi connectivity index (χ2v) is 3.80. The number of rotatable bonds is 5. The molecule has 0 bridgehead atoms. The molecule has 96 valence electrons. The summed E-state index contributed by atoms with van der Waals surface area (Å²) in [6.07, 6.45) is -0.766. The number of nitrogens with zero attached hydrogens (tertiary/aromatic N) is 1. The number of halogens is 1. The number of carboxylic acid groups (broad SMARTS) is 2. The fourth-order valence-corrected chi connectivity index (χ4v) is 1.53. The van der Waals surface area contributed by atoms with Gasteiger partial charge >= 0.3 is 11.9 Å². The maximum Gasteiger partial charge on any atom is 0.328 e. The van der Waals surface area contributed by atoms with Crippen molar-refractivity contribution in [2.75, 3.05) is 0 Å². The fraction of sp³-hybridized carbons (Fsp3) is 0.182. The van der Waals surface area contributed by atoms with Crippen LogP contribution in [0.3, 0.4) is 0 Å². The van der Waals surface area contributed by atoms with Crippen LogP contribution in [0.2, 0.25) is 0 Å². The van der Waals surface area contributed by atoms with Gasteiger partial charge in [-0.05, 0) is 12.1 Å². The predicted octanol–water partition coefficient (Wildman–Crippen LogP) is 1.21. The molecule has 0 unspecified atom stereocenters. The minimum absolute atomic E-state index is 0.184. The van der Waals surface area contributed by atoms with Gasteiger partial charge in [-0.15, -0.1) is 0 Å². The lowest BCUT2D eigenvalue weighted by Crippen LogP contribution is -2.40. The standard InChI is InChI=1S/C11H10ClNO5/c12-13(8(11(17)18)6-9(14)15)10(16)7-4-2-1-3-5-7/h1-5,8H,6H2,(H,14,15)(H,17,18)/t8-/m0/s1. The van der Waals surface area contributed by atoms with Gasteiger partial charge in [0.2, 0.25) is 0 Å². The van der Waals surface area contributed by atoms with Crippen LogP contribution < -0.4 is 0 Å². The van der Waals surface area contributed by atoms with E-state index in [0.717, 1.165) is 0 Å². The zero-order valence-electron chi connectivity index (χ0n) is 9.12. The smallest absolute Gasteiger partial charge is 0.328 e. The third kappa shape index (κ3) is 3.46. The summed E-state index contributed by atoms with van der Waals surface area (Å²) in [6.45, 7) is 0. The van der Waals surface area contributed by atoms with Gasteiger partial charge in [-0.2, -0.15) is 0 Å². The highest BCUT2D eigenvalue weighted by atomic mass is 35.5. The van der Waals surface area contributed by atoms with Gasteiger partial charge in [0.1, 0.15) is 0 Å². The molecule has 0 saturated carbocycles. The average Bonchev–Trinajstić information content (AvgIpc) is 2.34. The first kappa shape index (κ1) is 14.0. The second kappa shape index (κ2) is 6.02. The summed E-state index contributed by atoms with van der Waals surface area (Å²) in [7, 11) is 0. The number of carbonyl (C=O) groups is 3. The molecule has 0 fully saturated rings. The van der Waals surface area contributed by atoms with Gasteiger partial charge in [0.15, 0.2) is 6.04 Å². The number of benzene rings is 1. The van der Waals surface area contributed by atoms with E-state index < -0.39 is 30.3 Å². The van der Waals surface area contributed by atoms with Crippen LogP contribution in [0.25, 0.3) is 0 Å². The summed E-state index contributed by atoms with van der Waals surface area (Å²) in [4.78, 5) is 33.2. The zero-order valence-corrected chi connectivity index (χ0v) is 9.87. The Hall–Kier alpha value is -2.08. The van der Waals surface area contributed by atoms with Gasteiger partial charge in [-0.1, -0.05) is 18.2 Å². The number of hydrogen-bond donors (Lipinski definition) is 2. The lowest BCUT2D eigenvalue weighted by atomic mass is 10.1. The molecular formula is C11H10ClNO5. The zero-order chi connectivity index (χ0) is 13.7. The van der Waals surface area contributed by atoms with E-state index in [0.29, 0.717) is 4.42 Å². The van der Waals surface area contributed by atoms with Crippen LogP contribution >= 0.6 is 11.8 Å². The van der Waals surface area contributed by atoms with Gasteiger partial charge in [-0.3, -0.25) is 9.59 Å². The van der Waals surface area contributed by atoms with Crippen molar-refractivity contribution in [3.05, 3.63) is 35.9 Å². The molecule has 0 aliphatic rings. The molecule has 1 rings (SSSR count). The van der Waals surface area contributed by atoms with Crippen molar-refractivity contribution in [1.29, 1.82) is 0 Å². The van der Waals surface area contributed by atoms with Gasteiger partial charge in [0.05, 0.1) is 6.42 Å². The van der Waals surface area contributed by atoms with Crippen LogP contribution in [0.5, 0.6) is 0 Å². The van der Waals surface area contributed by atoms with E-state index in [4.69, 9.17) is 22.0 Å². The topological polar surface area (TPSA) is 94.9 Å². The van der Waals surface area contributed by atoms with Crippen LogP contribution in [-0.2, 0) is 9.59 Å². The monoisotopic (exact) mass is 271 g/mol. The highest BCUT2D eigenvalue weighted by Crippen LogP contribution is 2.14. The Balaban J connectivity index is 2.90. The Morgan fingerprint density at radius 2 is 1.72 bits per heavy atom.